The molecule has 0 radical (unpaired) electrons. The Morgan fingerprint density at radius 2 is 0.935 bits per heavy atom. The SMILES string of the molecule is Cc1cc2c3c(c1)N(c1ccc(-c4ccc5c(c4)oc4ccccc45)cc1)c1cc(C(C)(C)C)ccc1B3c1cc(C(C)(C)C)ccc1N2c1ccc2c(c1)oc1ccccc12. The molecule has 4 heterocycles. The lowest BCUT2D eigenvalue weighted by atomic mass is 9.33. The third-order valence-corrected chi connectivity index (χ3v) is 13.4. The third-order valence-electron chi connectivity index (χ3n) is 13.4. The van der Waals surface area contributed by atoms with Gasteiger partial charge in [0.25, 0.3) is 6.71 Å². The van der Waals surface area contributed by atoms with Crippen LogP contribution in [0.25, 0.3) is 55.0 Å². The van der Waals surface area contributed by atoms with Gasteiger partial charge in [-0.25, -0.2) is 0 Å². The monoisotopic (exact) mass is 802 g/mol. The predicted molar refractivity (Wildman–Crippen MR) is 263 cm³/mol. The van der Waals surface area contributed by atoms with E-state index in [1.807, 2.05) is 18.2 Å². The Balaban J connectivity index is 1.08. The third kappa shape index (κ3) is 5.53. The summed E-state index contributed by atoms with van der Waals surface area (Å²) in [5.41, 5.74) is 20.7. The standard InChI is InChI=1S/C57H47BN2O2/c1-34-28-49-55-50(29-34)60(40-23-25-44-42-13-9-11-15-52(42)62-54(44)33-40)47-27-20-37(56(2,3)4)31-46(47)58(55)45-26-19-38(57(5,6)7)32-48(45)59(49)39-21-16-35(17-22-39)36-18-24-43-41-12-8-10-14-51(41)61-53(43)30-36/h8-33H,1-7H3. The molecule has 2 aromatic heterocycles. The molecule has 0 saturated heterocycles. The molecule has 0 N–H and O–H groups in total. The van der Waals surface area contributed by atoms with Gasteiger partial charge in [-0.1, -0.05) is 120 Å². The number of furan rings is 2. The minimum Gasteiger partial charge on any atom is -0.456 e. The average molecular weight is 803 g/mol. The van der Waals surface area contributed by atoms with Crippen molar-refractivity contribution in [3.05, 3.63) is 174 Å². The molecule has 10 aromatic rings. The molecule has 8 aromatic carbocycles. The van der Waals surface area contributed by atoms with Crippen LogP contribution < -0.4 is 26.2 Å². The number of aryl methyl sites for hydroxylation is 1. The highest BCUT2D eigenvalue weighted by atomic mass is 16.3. The minimum absolute atomic E-state index is 0.0270. The number of benzene rings is 8. The first-order valence-corrected chi connectivity index (χ1v) is 21.9. The largest absolute Gasteiger partial charge is 0.456 e. The van der Waals surface area contributed by atoms with Crippen molar-refractivity contribution in [3.8, 4) is 11.1 Å². The maximum absolute atomic E-state index is 6.52. The fourth-order valence-corrected chi connectivity index (χ4v) is 10.2. The molecule has 300 valence electrons. The van der Waals surface area contributed by atoms with E-state index in [4.69, 9.17) is 8.83 Å². The van der Waals surface area contributed by atoms with Gasteiger partial charge in [-0.15, -0.1) is 0 Å². The lowest BCUT2D eigenvalue weighted by Gasteiger charge is -2.45. The molecule has 0 fully saturated rings. The summed E-state index contributed by atoms with van der Waals surface area (Å²) in [7, 11) is 0. The summed E-state index contributed by atoms with van der Waals surface area (Å²) in [6, 6.07) is 58.3. The van der Waals surface area contributed by atoms with E-state index < -0.39 is 0 Å². The van der Waals surface area contributed by atoms with Crippen molar-refractivity contribution in [2.24, 2.45) is 0 Å². The molecular formula is C57H47BN2O2. The van der Waals surface area contributed by atoms with Crippen molar-refractivity contribution >= 4 is 101 Å². The van der Waals surface area contributed by atoms with E-state index in [0.29, 0.717) is 0 Å². The van der Waals surface area contributed by atoms with Crippen molar-refractivity contribution in [2.45, 2.75) is 59.3 Å². The predicted octanol–water partition coefficient (Wildman–Crippen LogP) is 14.1. The zero-order valence-corrected chi connectivity index (χ0v) is 36.3. The molecule has 12 rings (SSSR count). The van der Waals surface area contributed by atoms with Gasteiger partial charge < -0.3 is 18.6 Å². The van der Waals surface area contributed by atoms with Crippen LogP contribution in [-0.4, -0.2) is 6.71 Å². The van der Waals surface area contributed by atoms with Crippen LogP contribution in [0.4, 0.5) is 34.1 Å². The molecule has 4 nitrogen and oxygen atoms in total. The maximum atomic E-state index is 6.52. The molecule has 2 aliphatic rings. The van der Waals surface area contributed by atoms with E-state index >= 15 is 0 Å². The number of fused-ring (bicyclic) bond motifs is 10. The molecule has 2 aliphatic heterocycles. The zero-order valence-electron chi connectivity index (χ0n) is 36.3. The van der Waals surface area contributed by atoms with Gasteiger partial charge in [0.05, 0.1) is 0 Å². The lowest BCUT2D eigenvalue weighted by Crippen LogP contribution is -2.61. The molecule has 0 spiro atoms. The van der Waals surface area contributed by atoms with Crippen LogP contribution >= 0.6 is 0 Å². The van der Waals surface area contributed by atoms with Crippen LogP contribution in [0.3, 0.4) is 0 Å². The van der Waals surface area contributed by atoms with Crippen molar-refractivity contribution in [3.63, 3.8) is 0 Å². The second-order valence-electron chi connectivity index (χ2n) is 19.5. The smallest absolute Gasteiger partial charge is 0.252 e. The van der Waals surface area contributed by atoms with Crippen molar-refractivity contribution < 1.29 is 8.83 Å². The summed E-state index contributed by atoms with van der Waals surface area (Å²) >= 11 is 0. The molecule has 0 saturated carbocycles. The second kappa shape index (κ2) is 13.0. The number of anilines is 6. The van der Waals surface area contributed by atoms with Crippen molar-refractivity contribution in [1.29, 1.82) is 0 Å². The summed E-state index contributed by atoms with van der Waals surface area (Å²) in [6.07, 6.45) is 0. The van der Waals surface area contributed by atoms with Gasteiger partial charge in [-0.2, -0.15) is 0 Å². The number of hydrogen-bond acceptors (Lipinski definition) is 4. The molecule has 0 unspecified atom stereocenters. The van der Waals surface area contributed by atoms with Crippen LogP contribution in [0.1, 0.15) is 58.2 Å². The normalized spacial score (nSPS) is 13.6. The highest BCUT2D eigenvalue weighted by molar-refractivity contribution is 7.00. The van der Waals surface area contributed by atoms with E-state index in [1.54, 1.807) is 0 Å². The summed E-state index contributed by atoms with van der Waals surface area (Å²) in [6.45, 7) is 16.2. The molecule has 0 amide bonds. The summed E-state index contributed by atoms with van der Waals surface area (Å²) in [4.78, 5) is 5.01. The lowest BCUT2D eigenvalue weighted by molar-refractivity contribution is 0.590. The van der Waals surface area contributed by atoms with E-state index in [9.17, 15) is 0 Å². The molecule has 5 heteroatoms. The quantitative estimate of drug-likeness (QED) is 0.167. The molecule has 0 aliphatic carbocycles. The van der Waals surface area contributed by atoms with Crippen LogP contribution in [0.5, 0.6) is 0 Å². The first-order valence-electron chi connectivity index (χ1n) is 21.9. The Morgan fingerprint density at radius 1 is 0.403 bits per heavy atom. The van der Waals surface area contributed by atoms with Gasteiger partial charge in [0.15, 0.2) is 0 Å². The maximum Gasteiger partial charge on any atom is 0.252 e. The number of para-hydroxylation sites is 2. The Morgan fingerprint density at radius 3 is 1.60 bits per heavy atom. The van der Waals surface area contributed by atoms with Crippen LogP contribution in [-0.2, 0) is 10.8 Å². The van der Waals surface area contributed by atoms with Crippen molar-refractivity contribution in [2.75, 3.05) is 9.80 Å². The second-order valence-corrected chi connectivity index (χ2v) is 19.5. The zero-order chi connectivity index (χ0) is 42.2. The molecule has 0 bridgehead atoms. The van der Waals surface area contributed by atoms with Crippen LogP contribution in [0.2, 0.25) is 0 Å². The first-order chi connectivity index (χ1) is 29.9. The molecule has 0 atom stereocenters. The average Bonchev–Trinajstić information content (AvgIpc) is 3.83. The van der Waals surface area contributed by atoms with Gasteiger partial charge in [-0.3, -0.25) is 0 Å². The fraction of sp³-hybridized carbons (Fsp3) is 0.158. The van der Waals surface area contributed by atoms with E-state index in [-0.39, 0.29) is 17.5 Å². The number of nitrogens with zero attached hydrogens (tertiary/aromatic N) is 2. The topological polar surface area (TPSA) is 32.8 Å². The highest BCUT2D eigenvalue weighted by Gasteiger charge is 2.44. The van der Waals surface area contributed by atoms with Gasteiger partial charge in [0.1, 0.15) is 22.3 Å². The fourth-order valence-electron chi connectivity index (χ4n) is 10.2. The Bertz CT molecular complexity index is 3470. The van der Waals surface area contributed by atoms with Crippen molar-refractivity contribution in [1.82, 2.24) is 0 Å². The number of hydrogen-bond donors (Lipinski definition) is 0. The summed E-state index contributed by atoms with van der Waals surface area (Å²) in [5, 5.41) is 4.55. The van der Waals surface area contributed by atoms with Crippen LogP contribution in [0, 0.1) is 6.92 Å². The molecular weight excluding hydrogens is 755 g/mol. The summed E-state index contributed by atoms with van der Waals surface area (Å²) in [5.74, 6) is 0. The van der Waals surface area contributed by atoms with Gasteiger partial charge in [0, 0.05) is 61.7 Å². The Hall–Kier alpha value is -6.98. The molecule has 62 heavy (non-hydrogen) atoms. The van der Waals surface area contributed by atoms with Gasteiger partial charge >= 0.3 is 0 Å². The van der Waals surface area contributed by atoms with Gasteiger partial charge in [0.2, 0.25) is 0 Å². The van der Waals surface area contributed by atoms with E-state index in [0.717, 1.165) is 66.4 Å². The van der Waals surface area contributed by atoms with E-state index in [1.165, 1.54) is 55.8 Å². The highest BCUT2D eigenvalue weighted by Crippen LogP contribution is 2.47. The Kier molecular flexibility index (Phi) is 7.73. The summed E-state index contributed by atoms with van der Waals surface area (Å²) < 4.78 is 12.8. The van der Waals surface area contributed by atoms with E-state index in [2.05, 4.69) is 198 Å². The minimum atomic E-state index is -0.0339. The first kappa shape index (κ1) is 36.8. The Labute approximate surface area is 363 Å². The number of rotatable bonds is 3. The van der Waals surface area contributed by atoms with Gasteiger partial charge in [-0.05, 0) is 135 Å². The van der Waals surface area contributed by atoms with Crippen LogP contribution in [0.15, 0.2) is 167 Å².